The standard InChI is InChI=1S/C17H25N5O/c1-23-13-12-21-10-6-18-16(21)17-19-7-11-22(17)15-5-3-9-20-8-2-4-14(15)20/h6-7,10-11,14-15H,2-5,8-9,12-13H2,1H3/t14-,15-/m1/s1. The molecule has 0 N–H and O–H groups in total. The molecule has 0 aliphatic carbocycles. The Hall–Kier alpha value is -1.66. The van der Waals surface area contributed by atoms with E-state index >= 15 is 0 Å². The van der Waals surface area contributed by atoms with Crippen LogP contribution >= 0.6 is 0 Å². The fourth-order valence-corrected chi connectivity index (χ4v) is 4.22. The summed E-state index contributed by atoms with van der Waals surface area (Å²) >= 11 is 0. The summed E-state index contributed by atoms with van der Waals surface area (Å²) in [4.78, 5) is 11.9. The summed E-state index contributed by atoms with van der Waals surface area (Å²) in [6.45, 7) is 4.00. The van der Waals surface area contributed by atoms with Crippen molar-refractivity contribution < 1.29 is 4.74 Å². The lowest BCUT2D eigenvalue weighted by Crippen LogP contribution is -2.41. The first-order valence-corrected chi connectivity index (χ1v) is 8.66. The van der Waals surface area contributed by atoms with Gasteiger partial charge in [-0.25, -0.2) is 9.97 Å². The smallest absolute Gasteiger partial charge is 0.176 e. The molecule has 0 bridgehead atoms. The Morgan fingerprint density at radius 2 is 1.78 bits per heavy atom. The van der Waals surface area contributed by atoms with Crippen molar-refractivity contribution in [1.82, 2.24) is 24.0 Å². The van der Waals surface area contributed by atoms with Gasteiger partial charge in [-0.05, 0) is 38.8 Å². The lowest BCUT2D eigenvalue weighted by Gasteiger charge is -2.37. The summed E-state index contributed by atoms with van der Waals surface area (Å²) < 4.78 is 9.71. The van der Waals surface area contributed by atoms with Gasteiger partial charge in [0.1, 0.15) is 0 Å². The third kappa shape index (κ3) is 2.70. The van der Waals surface area contributed by atoms with Gasteiger partial charge in [-0.15, -0.1) is 0 Å². The van der Waals surface area contributed by atoms with Crippen LogP contribution in [0.2, 0.25) is 0 Å². The quantitative estimate of drug-likeness (QED) is 0.848. The fraction of sp³-hybridized carbons (Fsp3) is 0.647. The minimum absolute atomic E-state index is 0.524. The average molecular weight is 315 g/mol. The Morgan fingerprint density at radius 3 is 2.61 bits per heavy atom. The topological polar surface area (TPSA) is 48.1 Å². The predicted molar refractivity (Wildman–Crippen MR) is 88.2 cm³/mol. The summed E-state index contributed by atoms with van der Waals surface area (Å²) in [6, 6.07) is 1.19. The zero-order chi connectivity index (χ0) is 15.6. The molecule has 0 saturated carbocycles. The first-order chi connectivity index (χ1) is 11.4. The van der Waals surface area contributed by atoms with E-state index in [1.165, 1.54) is 38.8 Å². The van der Waals surface area contributed by atoms with E-state index in [0.717, 1.165) is 18.2 Å². The normalized spacial score (nSPS) is 24.9. The van der Waals surface area contributed by atoms with Crippen molar-refractivity contribution in [2.75, 3.05) is 26.8 Å². The zero-order valence-electron chi connectivity index (χ0n) is 13.8. The number of hydrogen-bond acceptors (Lipinski definition) is 4. The van der Waals surface area contributed by atoms with Crippen LogP contribution in [0.15, 0.2) is 24.8 Å². The molecule has 2 aliphatic rings. The van der Waals surface area contributed by atoms with Gasteiger partial charge in [-0.3, -0.25) is 4.90 Å². The van der Waals surface area contributed by atoms with Gasteiger partial charge < -0.3 is 13.9 Å². The van der Waals surface area contributed by atoms with Gasteiger partial charge in [-0.2, -0.15) is 0 Å². The second kappa shape index (κ2) is 6.45. The molecule has 2 fully saturated rings. The maximum atomic E-state index is 5.21. The molecule has 6 heteroatoms. The van der Waals surface area contributed by atoms with Crippen molar-refractivity contribution in [3.05, 3.63) is 24.8 Å². The van der Waals surface area contributed by atoms with Gasteiger partial charge in [-0.1, -0.05) is 0 Å². The maximum absolute atomic E-state index is 5.21. The number of hydrogen-bond donors (Lipinski definition) is 0. The van der Waals surface area contributed by atoms with E-state index in [2.05, 4.69) is 30.2 Å². The molecule has 2 aliphatic heterocycles. The summed E-state index contributed by atoms with van der Waals surface area (Å²) in [7, 11) is 1.73. The van der Waals surface area contributed by atoms with Gasteiger partial charge in [0.15, 0.2) is 11.6 Å². The molecular formula is C17H25N5O. The third-order valence-corrected chi connectivity index (χ3v) is 5.28. The molecule has 6 nitrogen and oxygen atoms in total. The number of piperidine rings is 1. The molecule has 0 amide bonds. The second-order valence-electron chi connectivity index (χ2n) is 6.55. The van der Waals surface area contributed by atoms with Gasteiger partial charge in [0.05, 0.1) is 12.6 Å². The van der Waals surface area contributed by atoms with Crippen molar-refractivity contribution in [3.8, 4) is 11.6 Å². The monoisotopic (exact) mass is 315 g/mol. The van der Waals surface area contributed by atoms with Crippen LogP contribution in [0.5, 0.6) is 0 Å². The number of aromatic nitrogens is 4. The van der Waals surface area contributed by atoms with Crippen LogP contribution in [0.1, 0.15) is 31.7 Å². The van der Waals surface area contributed by atoms with E-state index in [1.807, 2.05) is 18.6 Å². The van der Waals surface area contributed by atoms with Gasteiger partial charge in [0, 0.05) is 44.5 Å². The molecule has 0 unspecified atom stereocenters. The van der Waals surface area contributed by atoms with E-state index in [4.69, 9.17) is 4.74 Å². The van der Waals surface area contributed by atoms with E-state index in [9.17, 15) is 0 Å². The number of imidazole rings is 2. The maximum Gasteiger partial charge on any atom is 0.176 e. The van der Waals surface area contributed by atoms with Gasteiger partial charge >= 0.3 is 0 Å². The van der Waals surface area contributed by atoms with E-state index in [-0.39, 0.29) is 0 Å². The Kier molecular flexibility index (Phi) is 4.18. The van der Waals surface area contributed by atoms with Gasteiger partial charge in [0.25, 0.3) is 0 Å². The molecule has 0 aromatic carbocycles. The second-order valence-corrected chi connectivity index (χ2v) is 6.55. The van der Waals surface area contributed by atoms with Crippen LogP contribution in [0.25, 0.3) is 11.6 Å². The zero-order valence-corrected chi connectivity index (χ0v) is 13.8. The number of fused-ring (bicyclic) bond motifs is 1. The predicted octanol–water partition coefficient (Wildman–Crippen LogP) is 2.19. The number of nitrogens with zero attached hydrogens (tertiary/aromatic N) is 5. The molecule has 4 heterocycles. The Morgan fingerprint density at radius 1 is 1.04 bits per heavy atom. The molecule has 2 atom stereocenters. The summed E-state index contributed by atoms with van der Waals surface area (Å²) in [5, 5.41) is 0. The number of ether oxygens (including phenoxy) is 1. The first kappa shape index (κ1) is 14.9. The van der Waals surface area contributed by atoms with Crippen molar-refractivity contribution in [2.24, 2.45) is 0 Å². The molecule has 0 spiro atoms. The third-order valence-electron chi connectivity index (χ3n) is 5.28. The molecule has 2 aromatic rings. The molecule has 0 radical (unpaired) electrons. The Bertz CT molecular complexity index is 649. The van der Waals surface area contributed by atoms with Crippen LogP contribution in [0, 0.1) is 0 Å². The molecule has 2 aromatic heterocycles. The molecule has 124 valence electrons. The number of methoxy groups -OCH3 is 1. The highest BCUT2D eigenvalue weighted by Gasteiger charge is 2.36. The van der Waals surface area contributed by atoms with Crippen LogP contribution < -0.4 is 0 Å². The summed E-state index contributed by atoms with van der Waals surface area (Å²) in [6.07, 6.45) is 13.1. The summed E-state index contributed by atoms with van der Waals surface area (Å²) in [5.41, 5.74) is 0. The van der Waals surface area contributed by atoms with Crippen LogP contribution in [0.3, 0.4) is 0 Å². The van der Waals surface area contributed by atoms with Crippen molar-refractivity contribution in [3.63, 3.8) is 0 Å². The van der Waals surface area contributed by atoms with E-state index in [0.29, 0.717) is 18.7 Å². The minimum Gasteiger partial charge on any atom is -0.383 e. The Labute approximate surface area is 137 Å². The summed E-state index contributed by atoms with van der Waals surface area (Å²) in [5.74, 6) is 1.94. The molecular weight excluding hydrogens is 290 g/mol. The minimum atomic E-state index is 0.524. The Balaban J connectivity index is 1.65. The molecule has 23 heavy (non-hydrogen) atoms. The van der Waals surface area contributed by atoms with E-state index in [1.54, 1.807) is 7.11 Å². The number of rotatable bonds is 5. The van der Waals surface area contributed by atoms with Crippen molar-refractivity contribution in [1.29, 1.82) is 0 Å². The highest BCUT2D eigenvalue weighted by Crippen LogP contribution is 2.36. The lowest BCUT2D eigenvalue weighted by molar-refractivity contribution is 0.138. The van der Waals surface area contributed by atoms with Gasteiger partial charge in [0.2, 0.25) is 0 Å². The molecule has 4 rings (SSSR count). The fourth-order valence-electron chi connectivity index (χ4n) is 4.22. The lowest BCUT2D eigenvalue weighted by atomic mass is 9.96. The van der Waals surface area contributed by atoms with Crippen LogP contribution in [-0.4, -0.2) is 56.9 Å². The van der Waals surface area contributed by atoms with Crippen LogP contribution in [0.4, 0.5) is 0 Å². The highest BCUT2D eigenvalue weighted by atomic mass is 16.5. The van der Waals surface area contributed by atoms with Crippen LogP contribution in [-0.2, 0) is 11.3 Å². The average Bonchev–Trinajstić information content (AvgIpc) is 3.30. The SMILES string of the molecule is COCCn1ccnc1-c1nccn1[C@@H]1CCCN2CCC[C@H]12. The highest BCUT2D eigenvalue weighted by molar-refractivity contribution is 5.45. The van der Waals surface area contributed by atoms with Crippen molar-refractivity contribution in [2.45, 2.75) is 44.3 Å². The first-order valence-electron chi connectivity index (χ1n) is 8.66. The molecule has 2 saturated heterocycles. The largest absolute Gasteiger partial charge is 0.383 e. The van der Waals surface area contributed by atoms with Crippen molar-refractivity contribution >= 4 is 0 Å². The van der Waals surface area contributed by atoms with E-state index < -0.39 is 0 Å².